The molecule has 1 aliphatic heterocycles. The molecule has 0 spiro atoms. The van der Waals surface area contributed by atoms with Gasteiger partial charge < -0.3 is 14.6 Å². The standard InChI is InChI=1S/C19H22N4O5/c1-2-28-18(26)13-6-9-22(10-7-13)16(24)15-11-21-19(27)23(17(15)25)12-14-5-3-4-8-20-14/h3-5,8,11,13H,2,6-7,9-10,12H2,1H3,(H,21,27). The van der Waals surface area contributed by atoms with Crippen molar-refractivity contribution < 1.29 is 14.3 Å². The number of carbonyl (C=O) groups excluding carboxylic acids is 2. The van der Waals surface area contributed by atoms with E-state index in [1.165, 1.54) is 4.90 Å². The number of amides is 1. The maximum absolute atomic E-state index is 12.8. The van der Waals surface area contributed by atoms with E-state index in [1.54, 1.807) is 31.3 Å². The average Bonchev–Trinajstić information content (AvgIpc) is 2.72. The van der Waals surface area contributed by atoms with Gasteiger partial charge in [0.2, 0.25) is 0 Å². The van der Waals surface area contributed by atoms with E-state index in [0.717, 1.165) is 10.8 Å². The number of rotatable bonds is 5. The van der Waals surface area contributed by atoms with Crippen molar-refractivity contribution in [2.24, 2.45) is 5.92 Å². The highest BCUT2D eigenvalue weighted by molar-refractivity contribution is 5.93. The van der Waals surface area contributed by atoms with Crippen molar-refractivity contribution >= 4 is 11.9 Å². The molecule has 9 heteroatoms. The molecule has 0 radical (unpaired) electrons. The van der Waals surface area contributed by atoms with Crippen LogP contribution in [0.25, 0.3) is 0 Å². The summed E-state index contributed by atoms with van der Waals surface area (Å²) in [4.78, 5) is 57.5. The molecule has 9 nitrogen and oxygen atoms in total. The fourth-order valence-corrected chi connectivity index (χ4v) is 3.21. The predicted molar refractivity (Wildman–Crippen MR) is 99.9 cm³/mol. The molecule has 0 bridgehead atoms. The van der Waals surface area contributed by atoms with Crippen LogP contribution in [0.4, 0.5) is 0 Å². The van der Waals surface area contributed by atoms with Gasteiger partial charge in [0.25, 0.3) is 11.5 Å². The Balaban J connectivity index is 1.76. The van der Waals surface area contributed by atoms with Gasteiger partial charge in [-0.25, -0.2) is 4.79 Å². The summed E-state index contributed by atoms with van der Waals surface area (Å²) in [5, 5.41) is 0. The fourth-order valence-electron chi connectivity index (χ4n) is 3.21. The monoisotopic (exact) mass is 386 g/mol. The van der Waals surface area contributed by atoms with Gasteiger partial charge in [0.15, 0.2) is 0 Å². The fraction of sp³-hybridized carbons (Fsp3) is 0.421. The molecule has 1 aliphatic rings. The molecule has 3 rings (SSSR count). The Morgan fingerprint density at radius 3 is 2.64 bits per heavy atom. The number of carbonyl (C=O) groups is 2. The minimum Gasteiger partial charge on any atom is -0.466 e. The zero-order valence-electron chi connectivity index (χ0n) is 15.6. The normalized spacial score (nSPS) is 14.7. The average molecular weight is 386 g/mol. The number of ether oxygens (including phenoxy) is 1. The summed E-state index contributed by atoms with van der Waals surface area (Å²) in [6.07, 6.45) is 3.68. The number of nitrogens with zero attached hydrogens (tertiary/aromatic N) is 3. The Bertz CT molecular complexity index is 958. The molecule has 2 aromatic rings. The molecule has 0 aliphatic carbocycles. The summed E-state index contributed by atoms with van der Waals surface area (Å²) in [5.41, 5.74) is -0.833. The number of hydrogen-bond donors (Lipinski definition) is 1. The van der Waals surface area contributed by atoms with Crippen LogP contribution in [0.1, 0.15) is 35.8 Å². The largest absolute Gasteiger partial charge is 0.466 e. The first-order valence-electron chi connectivity index (χ1n) is 9.19. The Labute approximate surface area is 161 Å². The second kappa shape index (κ2) is 8.64. The van der Waals surface area contributed by atoms with Crippen LogP contribution in [0.5, 0.6) is 0 Å². The lowest BCUT2D eigenvalue weighted by molar-refractivity contribution is -0.149. The Morgan fingerprint density at radius 1 is 1.25 bits per heavy atom. The van der Waals surface area contributed by atoms with Gasteiger partial charge in [0.1, 0.15) is 5.56 Å². The number of aromatic amines is 1. The molecule has 1 N–H and O–H groups in total. The second-order valence-electron chi connectivity index (χ2n) is 6.54. The minimum absolute atomic E-state index is 0.0267. The topological polar surface area (TPSA) is 114 Å². The molecular formula is C19H22N4O5. The summed E-state index contributed by atoms with van der Waals surface area (Å²) in [6.45, 7) is 2.75. The van der Waals surface area contributed by atoms with Gasteiger partial charge in [-0.1, -0.05) is 6.07 Å². The first kappa shape index (κ1) is 19.5. The van der Waals surface area contributed by atoms with Crippen LogP contribution >= 0.6 is 0 Å². The van der Waals surface area contributed by atoms with Crippen molar-refractivity contribution in [3.05, 3.63) is 62.7 Å². The van der Waals surface area contributed by atoms with E-state index in [2.05, 4.69) is 9.97 Å². The Kier molecular flexibility index (Phi) is 6.03. The molecule has 0 aromatic carbocycles. The quantitative estimate of drug-likeness (QED) is 0.744. The van der Waals surface area contributed by atoms with E-state index in [1.807, 2.05) is 0 Å². The number of esters is 1. The molecule has 148 valence electrons. The molecule has 0 unspecified atom stereocenters. The lowest BCUT2D eigenvalue weighted by Crippen LogP contribution is -2.45. The highest BCUT2D eigenvalue weighted by Gasteiger charge is 2.30. The second-order valence-corrected chi connectivity index (χ2v) is 6.54. The van der Waals surface area contributed by atoms with Crippen LogP contribution in [-0.4, -0.2) is 51.0 Å². The van der Waals surface area contributed by atoms with Crippen LogP contribution in [0.2, 0.25) is 0 Å². The van der Waals surface area contributed by atoms with Crippen LogP contribution in [0.3, 0.4) is 0 Å². The number of likely N-dealkylation sites (tertiary alicyclic amines) is 1. The Morgan fingerprint density at radius 2 is 2.00 bits per heavy atom. The van der Waals surface area contributed by atoms with Gasteiger partial charge in [0, 0.05) is 25.5 Å². The smallest absolute Gasteiger partial charge is 0.328 e. The highest BCUT2D eigenvalue weighted by atomic mass is 16.5. The van der Waals surface area contributed by atoms with Gasteiger partial charge in [-0.2, -0.15) is 0 Å². The van der Waals surface area contributed by atoms with E-state index in [4.69, 9.17) is 4.74 Å². The van der Waals surface area contributed by atoms with Crippen molar-refractivity contribution in [1.29, 1.82) is 0 Å². The van der Waals surface area contributed by atoms with Crippen molar-refractivity contribution in [3.63, 3.8) is 0 Å². The lowest BCUT2D eigenvalue weighted by Gasteiger charge is -2.30. The third kappa shape index (κ3) is 4.19. The van der Waals surface area contributed by atoms with Crippen molar-refractivity contribution in [1.82, 2.24) is 19.4 Å². The molecular weight excluding hydrogens is 364 g/mol. The van der Waals surface area contributed by atoms with E-state index in [-0.39, 0.29) is 24.0 Å². The van der Waals surface area contributed by atoms with Gasteiger partial charge >= 0.3 is 11.7 Å². The van der Waals surface area contributed by atoms with E-state index < -0.39 is 17.2 Å². The zero-order valence-corrected chi connectivity index (χ0v) is 15.6. The third-order valence-corrected chi connectivity index (χ3v) is 4.74. The Hall–Kier alpha value is -3.23. The van der Waals surface area contributed by atoms with Crippen molar-refractivity contribution in [2.45, 2.75) is 26.3 Å². The highest BCUT2D eigenvalue weighted by Crippen LogP contribution is 2.19. The van der Waals surface area contributed by atoms with Gasteiger partial charge in [0.05, 0.1) is 24.8 Å². The first-order valence-corrected chi connectivity index (χ1v) is 9.19. The number of pyridine rings is 1. The SMILES string of the molecule is CCOC(=O)C1CCN(C(=O)c2c[nH]c(=O)n(Cc3ccccn3)c2=O)CC1. The molecule has 0 saturated carbocycles. The van der Waals surface area contributed by atoms with Gasteiger partial charge in [-0.05, 0) is 31.9 Å². The zero-order chi connectivity index (χ0) is 20.1. The summed E-state index contributed by atoms with van der Waals surface area (Å²) in [7, 11) is 0. The summed E-state index contributed by atoms with van der Waals surface area (Å²) in [5.74, 6) is -0.949. The van der Waals surface area contributed by atoms with Crippen LogP contribution in [0, 0.1) is 5.92 Å². The summed E-state index contributed by atoms with van der Waals surface area (Å²) < 4.78 is 5.98. The van der Waals surface area contributed by atoms with Crippen molar-refractivity contribution in [3.8, 4) is 0 Å². The van der Waals surface area contributed by atoms with Crippen LogP contribution in [0.15, 0.2) is 40.2 Å². The summed E-state index contributed by atoms with van der Waals surface area (Å²) in [6, 6.07) is 5.18. The van der Waals surface area contributed by atoms with Gasteiger partial charge in [-0.15, -0.1) is 0 Å². The molecule has 1 fully saturated rings. The molecule has 0 atom stereocenters. The molecule has 2 aromatic heterocycles. The summed E-state index contributed by atoms with van der Waals surface area (Å²) >= 11 is 0. The van der Waals surface area contributed by atoms with E-state index in [9.17, 15) is 19.2 Å². The van der Waals surface area contributed by atoms with Crippen LogP contribution in [-0.2, 0) is 16.1 Å². The number of piperidine rings is 1. The maximum Gasteiger partial charge on any atom is 0.328 e. The van der Waals surface area contributed by atoms with Crippen LogP contribution < -0.4 is 11.2 Å². The number of H-pyrrole nitrogens is 1. The third-order valence-electron chi connectivity index (χ3n) is 4.74. The molecule has 3 heterocycles. The van der Waals surface area contributed by atoms with Gasteiger partial charge in [-0.3, -0.25) is 23.9 Å². The minimum atomic E-state index is -0.660. The number of nitrogens with one attached hydrogen (secondary N) is 1. The lowest BCUT2D eigenvalue weighted by atomic mass is 9.96. The first-order chi connectivity index (χ1) is 13.5. The number of aromatic nitrogens is 3. The molecule has 1 saturated heterocycles. The van der Waals surface area contributed by atoms with E-state index in [0.29, 0.717) is 38.2 Å². The van der Waals surface area contributed by atoms with E-state index >= 15 is 0 Å². The van der Waals surface area contributed by atoms with Crippen molar-refractivity contribution in [2.75, 3.05) is 19.7 Å². The number of hydrogen-bond acceptors (Lipinski definition) is 6. The maximum atomic E-state index is 12.8. The molecule has 28 heavy (non-hydrogen) atoms. The predicted octanol–water partition coefficient (Wildman–Crippen LogP) is 0.395. The molecule has 1 amide bonds.